The van der Waals surface area contributed by atoms with Gasteiger partial charge in [0.15, 0.2) is 5.69 Å². The summed E-state index contributed by atoms with van der Waals surface area (Å²) in [6, 6.07) is 2.06. The molecule has 0 saturated heterocycles. The van der Waals surface area contributed by atoms with Crippen molar-refractivity contribution in [3.8, 4) is 0 Å². The van der Waals surface area contributed by atoms with Crippen LogP contribution in [0.3, 0.4) is 0 Å². The van der Waals surface area contributed by atoms with Crippen molar-refractivity contribution in [2.45, 2.75) is 0 Å². The minimum absolute atomic E-state index is 0.0952. The maximum Gasteiger partial charge on any atom is 0.300 e. The molecule has 0 spiro atoms. The molecule has 0 radical (unpaired) electrons. The lowest BCUT2D eigenvalue weighted by atomic mass is 10.1. The van der Waals surface area contributed by atoms with Gasteiger partial charge in [-0.05, 0) is 14.1 Å². The lowest BCUT2D eigenvalue weighted by Gasteiger charge is -2.22. The van der Waals surface area contributed by atoms with Crippen molar-refractivity contribution in [1.82, 2.24) is 10.2 Å². The fraction of sp³-hybridized carbons (Fsp3) is 0.533. The van der Waals surface area contributed by atoms with Crippen molar-refractivity contribution in [3.63, 3.8) is 0 Å². The van der Waals surface area contributed by atoms with Crippen LogP contribution in [0.15, 0.2) is 12.1 Å². The van der Waals surface area contributed by atoms with Crippen LogP contribution in [0.1, 0.15) is 10.4 Å². The Hall–Kier alpha value is -2.17. The monoisotopic (exact) mass is 421 g/mol. The van der Waals surface area contributed by atoms with Crippen molar-refractivity contribution in [2.24, 2.45) is 0 Å². The summed E-state index contributed by atoms with van der Waals surface area (Å²) in [6.07, 6.45) is 0. The number of benzene rings is 1. The highest BCUT2D eigenvalue weighted by Crippen LogP contribution is 2.38. The third kappa shape index (κ3) is 6.49. The summed E-state index contributed by atoms with van der Waals surface area (Å²) >= 11 is 11.4. The zero-order valence-corrected chi connectivity index (χ0v) is 16.5. The Kier molecular flexibility index (Phi) is 9.19. The van der Waals surface area contributed by atoms with Crippen LogP contribution >= 0.6 is 23.2 Å². The molecule has 1 N–H and O–H groups in total. The Balaban J connectivity index is 3.41. The van der Waals surface area contributed by atoms with Crippen LogP contribution in [0.5, 0.6) is 0 Å². The number of nitrogens with one attached hydrogen (secondary N) is 1. The van der Waals surface area contributed by atoms with Crippen molar-refractivity contribution in [2.75, 3.05) is 56.9 Å². The summed E-state index contributed by atoms with van der Waals surface area (Å²) in [4.78, 5) is 37.1. The second-order valence-corrected chi connectivity index (χ2v) is 6.56. The zero-order chi connectivity index (χ0) is 20.6. The topological polar surface area (TPSA) is 122 Å². The standard InChI is InChI=1S/C15H21Cl2N5O5/c1-19(2)8-5-18-15(23)11-9-12(21(24)25)14(13(10-11)22(26)27)20(6-3-16)7-4-17/h9-10H,3-8H2,1-2H3,(H,18,23). The number of nitrogens with zero attached hydrogens (tertiary/aromatic N) is 4. The number of hydrogen-bond donors (Lipinski definition) is 1. The Morgan fingerprint density at radius 3 is 1.89 bits per heavy atom. The molecule has 12 heteroatoms. The zero-order valence-electron chi connectivity index (χ0n) is 15.0. The van der Waals surface area contributed by atoms with E-state index in [4.69, 9.17) is 23.2 Å². The lowest BCUT2D eigenvalue weighted by molar-refractivity contribution is -0.392. The van der Waals surface area contributed by atoms with E-state index < -0.39 is 27.1 Å². The Morgan fingerprint density at radius 1 is 1.04 bits per heavy atom. The van der Waals surface area contributed by atoms with Crippen molar-refractivity contribution < 1.29 is 14.6 Å². The molecule has 0 atom stereocenters. The Morgan fingerprint density at radius 2 is 1.52 bits per heavy atom. The average Bonchev–Trinajstić information content (AvgIpc) is 2.59. The van der Waals surface area contributed by atoms with Crippen LogP contribution in [0.4, 0.5) is 17.1 Å². The van der Waals surface area contributed by atoms with E-state index in [1.165, 1.54) is 4.90 Å². The fourth-order valence-electron chi connectivity index (χ4n) is 2.37. The van der Waals surface area contributed by atoms with Gasteiger partial charge in [0.25, 0.3) is 17.3 Å². The molecule has 0 aliphatic heterocycles. The number of nitro benzene ring substituents is 2. The highest BCUT2D eigenvalue weighted by molar-refractivity contribution is 6.18. The van der Waals surface area contributed by atoms with Crippen molar-refractivity contribution >= 4 is 46.2 Å². The number of carbonyl (C=O) groups is 1. The molecule has 10 nitrogen and oxygen atoms in total. The molecule has 0 bridgehead atoms. The van der Waals surface area contributed by atoms with Crippen LogP contribution in [0, 0.1) is 20.2 Å². The van der Waals surface area contributed by atoms with Gasteiger partial charge in [0, 0.05) is 50.1 Å². The molecule has 0 aliphatic carbocycles. The van der Waals surface area contributed by atoms with Crippen LogP contribution in [-0.4, -0.2) is 72.7 Å². The van der Waals surface area contributed by atoms with Crippen LogP contribution in [0.25, 0.3) is 0 Å². The van der Waals surface area contributed by atoms with E-state index in [0.29, 0.717) is 13.1 Å². The van der Waals surface area contributed by atoms with Gasteiger partial charge in [-0.1, -0.05) is 0 Å². The van der Waals surface area contributed by atoms with E-state index in [9.17, 15) is 25.0 Å². The quantitative estimate of drug-likeness (QED) is 0.329. The number of hydrogen-bond acceptors (Lipinski definition) is 7. The molecule has 0 saturated carbocycles. The maximum absolute atomic E-state index is 12.3. The number of likely N-dealkylation sites (N-methyl/N-ethyl adjacent to an activating group) is 1. The predicted molar refractivity (Wildman–Crippen MR) is 104 cm³/mol. The Bertz CT molecular complexity index is 660. The molecule has 27 heavy (non-hydrogen) atoms. The highest BCUT2D eigenvalue weighted by Gasteiger charge is 2.32. The second-order valence-electron chi connectivity index (χ2n) is 5.80. The minimum Gasteiger partial charge on any atom is -0.358 e. The third-order valence-electron chi connectivity index (χ3n) is 3.59. The number of amides is 1. The van der Waals surface area contributed by atoms with E-state index in [1.54, 1.807) is 0 Å². The maximum atomic E-state index is 12.3. The summed E-state index contributed by atoms with van der Waals surface area (Å²) in [7, 11) is 3.64. The summed E-state index contributed by atoms with van der Waals surface area (Å²) < 4.78 is 0. The van der Waals surface area contributed by atoms with Gasteiger partial charge < -0.3 is 15.1 Å². The van der Waals surface area contributed by atoms with Crippen molar-refractivity contribution in [1.29, 1.82) is 0 Å². The molecule has 0 heterocycles. The molecular formula is C15H21Cl2N5O5. The minimum atomic E-state index is -0.756. The largest absolute Gasteiger partial charge is 0.358 e. The van der Waals surface area contributed by atoms with Gasteiger partial charge in [-0.15, -0.1) is 23.2 Å². The first-order valence-corrected chi connectivity index (χ1v) is 9.06. The fourth-order valence-corrected chi connectivity index (χ4v) is 2.78. The predicted octanol–water partition coefficient (Wildman–Crippen LogP) is 2.08. The number of rotatable bonds is 11. The van der Waals surface area contributed by atoms with E-state index >= 15 is 0 Å². The van der Waals surface area contributed by atoms with E-state index in [0.717, 1.165) is 12.1 Å². The third-order valence-corrected chi connectivity index (χ3v) is 3.93. The number of anilines is 1. The summed E-state index contributed by atoms with van der Waals surface area (Å²) in [5, 5.41) is 25.7. The molecule has 0 aliphatic rings. The van der Waals surface area contributed by atoms with Crippen LogP contribution in [-0.2, 0) is 0 Å². The van der Waals surface area contributed by atoms with Gasteiger partial charge in [-0.2, -0.15) is 0 Å². The molecule has 1 aromatic carbocycles. The smallest absolute Gasteiger partial charge is 0.300 e. The van der Waals surface area contributed by atoms with E-state index in [2.05, 4.69) is 5.32 Å². The van der Waals surface area contributed by atoms with Gasteiger partial charge in [0.2, 0.25) is 0 Å². The van der Waals surface area contributed by atoms with Gasteiger partial charge in [-0.25, -0.2) is 0 Å². The molecule has 0 fully saturated rings. The first kappa shape index (κ1) is 22.9. The average molecular weight is 422 g/mol. The molecule has 1 aromatic rings. The van der Waals surface area contributed by atoms with Crippen LogP contribution < -0.4 is 10.2 Å². The van der Waals surface area contributed by atoms with Gasteiger partial charge in [-0.3, -0.25) is 25.0 Å². The molecule has 0 aromatic heterocycles. The summed E-state index contributed by atoms with van der Waals surface area (Å²) in [5.41, 5.74) is -1.46. The number of alkyl halides is 2. The number of halogens is 2. The van der Waals surface area contributed by atoms with Crippen molar-refractivity contribution in [3.05, 3.63) is 37.9 Å². The molecular weight excluding hydrogens is 401 g/mol. The molecule has 0 unspecified atom stereocenters. The lowest BCUT2D eigenvalue weighted by Crippen LogP contribution is -2.32. The highest BCUT2D eigenvalue weighted by atomic mass is 35.5. The summed E-state index contributed by atoms with van der Waals surface area (Å²) in [5.74, 6) is -0.438. The first-order valence-electron chi connectivity index (χ1n) is 7.99. The normalized spacial score (nSPS) is 10.7. The second kappa shape index (κ2) is 10.9. The molecule has 1 amide bonds. The Labute approximate surface area is 166 Å². The van der Waals surface area contributed by atoms with E-state index in [-0.39, 0.29) is 36.1 Å². The number of carbonyl (C=O) groups excluding carboxylic acids is 1. The van der Waals surface area contributed by atoms with Gasteiger partial charge in [0.1, 0.15) is 0 Å². The molecule has 1 rings (SSSR count). The molecule has 150 valence electrons. The summed E-state index contributed by atoms with van der Waals surface area (Å²) in [6.45, 7) is 1.10. The number of nitro groups is 2. The van der Waals surface area contributed by atoms with Crippen LogP contribution in [0.2, 0.25) is 0 Å². The van der Waals surface area contributed by atoms with Gasteiger partial charge >= 0.3 is 0 Å². The van der Waals surface area contributed by atoms with E-state index in [1.807, 2.05) is 19.0 Å². The first-order chi connectivity index (χ1) is 12.7. The van der Waals surface area contributed by atoms with Gasteiger partial charge in [0.05, 0.1) is 15.4 Å². The SMILES string of the molecule is CN(C)CCNC(=O)c1cc([N+](=O)[O-])c(N(CCCl)CCCl)c([N+](=O)[O-])c1.